The molecule has 0 N–H and O–H groups in total. The molecule has 0 saturated carbocycles. The molecular formula is C23H27N3. The number of fused-ring (bicyclic) bond motifs is 1. The first-order valence-electron chi connectivity index (χ1n) is 9.59. The van der Waals surface area contributed by atoms with Crippen molar-refractivity contribution in [1.29, 1.82) is 0 Å². The van der Waals surface area contributed by atoms with Crippen LogP contribution >= 0.6 is 0 Å². The quantitative estimate of drug-likeness (QED) is 0.789. The first-order chi connectivity index (χ1) is 12.8. The summed E-state index contributed by atoms with van der Waals surface area (Å²) >= 11 is 0. The van der Waals surface area contributed by atoms with Crippen molar-refractivity contribution >= 4 is 11.4 Å². The largest absolute Gasteiger partial charge is 0.374 e. The minimum absolute atomic E-state index is 0.554. The highest BCUT2D eigenvalue weighted by molar-refractivity contribution is 5.59. The van der Waals surface area contributed by atoms with Crippen LogP contribution in [0.1, 0.15) is 17.9 Å². The monoisotopic (exact) mass is 345 g/mol. The zero-order valence-electron chi connectivity index (χ0n) is 15.6. The predicted octanol–water partition coefficient (Wildman–Crippen LogP) is 3.44. The fourth-order valence-electron chi connectivity index (χ4n) is 4.05. The first-order valence-corrected chi connectivity index (χ1v) is 9.59. The van der Waals surface area contributed by atoms with E-state index in [1.54, 1.807) is 0 Å². The van der Waals surface area contributed by atoms with Gasteiger partial charge in [-0.15, -0.1) is 5.92 Å². The van der Waals surface area contributed by atoms with Crippen LogP contribution in [0, 0.1) is 11.8 Å². The van der Waals surface area contributed by atoms with Crippen molar-refractivity contribution in [2.75, 3.05) is 56.1 Å². The van der Waals surface area contributed by atoms with Crippen LogP contribution in [0.4, 0.5) is 11.4 Å². The van der Waals surface area contributed by atoms with Crippen molar-refractivity contribution in [3.8, 4) is 11.8 Å². The summed E-state index contributed by atoms with van der Waals surface area (Å²) in [5.41, 5.74) is 4.17. The topological polar surface area (TPSA) is 9.72 Å². The Labute approximate surface area is 157 Å². The Morgan fingerprint density at radius 2 is 1.62 bits per heavy atom. The zero-order valence-corrected chi connectivity index (χ0v) is 15.6. The number of hydrogen-bond donors (Lipinski definition) is 0. The molecule has 0 spiro atoms. The summed E-state index contributed by atoms with van der Waals surface area (Å²) in [7, 11) is 2.18. The Hall–Kier alpha value is -2.44. The molecule has 2 aromatic rings. The van der Waals surface area contributed by atoms with Gasteiger partial charge in [-0.3, -0.25) is 4.90 Å². The molecule has 3 nitrogen and oxygen atoms in total. The summed E-state index contributed by atoms with van der Waals surface area (Å²) < 4.78 is 0. The van der Waals surface area contributed by atoms with Gasteiger partial charge in [-0.05, 0) is 23.8 Å². The van der Waals surface area contributed by atoms with Crippen LogP contribution in [-0.4, -0.2) is 51.2 Å². The molecule has 1 fully saturated rings. The SMILES string of the molecule is CN1CC(CC#CCN2CCN(c3ccccc3)CC2)c2ccccc21. The van der Waals surface area contributed by atoms with Gasteiger partial charge in [-0.2, -0.15) is 0 Å². The maximum absolute atomic E-state index is 3.45. The van der Waals surface area contributed by atoms with E-state index < -0.39 is 0 Å². The standard InChI is InChI=1S/C23H27N3/c1-24-19-20(22-12-5-6-13-23(22)24)9-7-8-14-25-15-17-26(18-16-25)21-10-3-2-4-11-21/h2-6,10-13,20H,9,14-19H2,1H3. The molecule has 2 aromatic carbocycles. The lowest BCUT2D eigenvalue weighted by molar-refractivity contribution is 0.288. The van der Waals surface area contributed by atoms with E-state index in [-0.39, 0.29) is 0 Å². The molecule has 2 aliphatic heterocycles. The number of para-hydroxylation sites is 2. The lowest BCUT2D eigenvalue weighted by Gasteiger charge is -2.35. The molecule has 3 heteroatoms. The van der Waals surface area contributed by atoms with Crippen molar-refractivity contribution < 1.29 is 0 Å². The third-order valence-corrected chi connectivity index (χ3v) is 5.55. The number of piperazine rings is 1. The molecule has 2 aliphatic rings. The predicted molar refractivity (Wildman–Crippen MR) is 110 cm³/mol. The van der Waals surface area contributed by atoms with Crippen molar-refractivity contribution in [3.63, 3.8) is 0 Å². The fraction of sp³-hybridized carbons (Fsp3) is 0.391. The summed E-state index contributed by atoms with van der Waals surface area (Å²) in [6, 6.07) is 19.5. The van der Waals surface area contributed by atoms with E-state index >= 15 is 0 Å². The summed E-state index contributed by atoms with van der Waals surface area (Å²) in [6.07, 6.45) is 0.964. The molecule has 0 radical (unpaired) electrons. The Balaban J connectivity index is 1.25. The van der Waals surface area contributed by atoms with Gasteiger partial charge in [0, 0.05) is 63.5 Å². The number of likely N-dealkylation sites (N-methyl/N-ethyl adjacent to an activating group) is 1. The number of hydrogen-bond acceptors (Lipinski definition) is 3. The van der Waals surface area contributed by atoms with Crippen molar-refractivity contribution in [3.05, 3.63) is 60.2 Å². The Morgan fingerprint density at radius 3 is 2.42 bits per heavy atom. The number of rotatable bonds is 3. The van der Waals surface area contributed by atoms with E-state index in [2.05, 4.69) is 88.2 Å². The molecule has 1 atom stereocenters. The third kappa shape index (κ3) is 3.71. The smallest absolute Gasteiger partial charge is 0.0602 e. The molecule has 26 heavy (non-hydrogen) atoms. The van der Waals surface area contributed by atoms with Crippen LogP contribution < -0.4 is 9.80 Å². The summed E-state index contributed by atoms with van der Waals surface area (Å²) in [5, 5.41) is 0. The van der Waals surface area contributed by atoms with Gasteiger partial charge in [0.25, 0.3) is 0 Å². The van der Waals surface area contributed by atoms with Gasteiger partial charge in [0.15, 0.2) is 0 Å². The minimum Gasteiger partial charge on any atom is -0.374 e. The van der Waals surface area contributed by atoms with E-state index in [4.69, 9.17) is 0 Å². The zero-order chi connectivity index (χ0) is 17.8. The second kappa shape index (κ2) is 7.85. The van der Waals surface area contributed by atoms with Gasteiger partial charge < -0.3 is 9.80 Å². The summed E-state index contributed by atoms with van der Waals surface area (Å²) in [4.78, 5) is 7.29. The van der Waals surface area contributed by atoms with Crippen LogP contribution in [-0.2, 0) is 0 Å². The first kappa shape index (κ1) is 17.0. The maximum Gasteiger partial charge on any atom is 0.0602 e. The third-order valence-electron chi connectivity index (χ3n) is 5.55. The van der Waals surface area contributed by atoms with Gasteiger partial charge in [-0.25, -0.2) is 0 Å². The van der Waals surface area contributed by atoms with Crippen molar-refractivity contribution in [1.82, 2.24) is 4.90 Å². The van der Waals surface area contributed by atoms with Gasteiger partial charge in [0.05, 0.1) is 6.54 Å². The summed E-state index contributed by atoms with van der Waals surface area (Å²) in [6.45, 7) is 6.35. The highest BCUT2D eigenvalue weighted by atomic mass is 15.3. The molecule has 134 valence electrons. The molecule has 1 unspecified atom stereocenters. The molecule has 2 heterocycles. The molecule has 0 aliphatic carbocycles. The van der Waals surface area contributed by atoms with E-state index in [1.807, 2.05) is 0 Å². The number of benzene rings is 2. The normalized spacial score (nSPS) is 19.8. The second-order valence-corrected chi connectivity index (χ2v) is 7.29. The van der Waals surface area contributed by atoms with Crippen molar-refractivity contribution in [2.45, 2.75) is 12.3 Å². The fourth-order valence-corrected chi connectivity index (χ4v) is 4.05. The van der Waals surface area contributed by atoms with Crippen LogP contribution in [0.25, 0.3) is 0 Å². The van der Waals surface area contributed by atoms with E-state index in [0.29, 0.717) is 5.92 Å². The minimum atomic E-state index is 0.554. The van der Waals surface area contributed by atoms with Crippen LogP contribution in [0.3, 0.4) is 0 Å². The lowest BCUT2D eigenvalue weighted by atomic mass is 9.98. The summed E-state index contributed by atoms with van der Waals surface area (Å²) in [5.74, 6) is 7.42. The highest BCUT2D eigenvalue weighted by Crippen LogP contribution is 2.36. The maximum atomic E-state index is 3.45. The Morgan fingerprint density at radius 1 is 0.885 bits per heavy atom. The molecule has 0 amide bonds. The number of anilines is 2. The molecule has 0 aromatic heterocycles. The highest BCUT2D eigenvalue weighted by Gasteiger charge is 2.24. The second-order valence-electron chi connectivity index (χ2n) is 7.29. The lowest BCUT2D eigenvalue weighted by Crippen LogP contribution is -2.46. The van der Waals surface area contributed by atoms with Crippen LogP contribution in [0.15, 0.2) is 54.6 Å². The van der Waals surface area contributed by atoms with E-state index in [1.165, 1.54) is 16.9 Å². The average Bonchev–Trinajstić information content (AvgIpc) is 3.03. The van der Waals surface area contributed by atoms with Crippen LogP contribution in [0.5, 0.6) is 0 Å². The molecule has 1 saturated heterocycles. The molecule has 0 bridgehead atoms. The van der Waals surface area contributed by atoms with E-state index in [0.717, 1.165) is 45.7 Å². The Kier molecular flexibility index (Phi) is 5.13. The Bertz CT molecular complexity index is 782. The average molecular weight is 345 g/mol. The number of nitrogens with zero attached hydrogens (tertiary/aromatic N) is 3. The molecule has 4 rings (SSSR count). The molecular weight excluding hydrogens is 318 g/mol. The van der Waals surface area contributed by atoms with Gasteiger partial charge >= 0.3 is 0 Å². The van der Waals surface area contributed by atoms with E-state index in [9.17, 15) is 0 Å². The van der Waals surface area contributed by atoms with Gasteiger partial charge in [-0.1, -0.05) is 42.3 Å². The van der Waals surface area contributed by atoms with Gasteiger partial charge in [0.2, 0.25) is 0 Å². The van der Waals surface area contributed by atoms with Gasteiger partial charge in [0.1, 0.15) is 0 Å². The van der Waals surface area contributed by atoms with Crippen molar-refractivity contribution in [2.24, 2.45) is 0 Å². The van der Waals surface area contributed by atoms with Crippen LogP contribution in [0.2, 0.25) is 0 Å².